The van der Waals surface area contributed by atoms with Crippen LogP contribution in [-0.2, 0) is 10.2 Å². The van der Waals surface area contributed by atoms with E-state index in [0.717, 1.165) is 32.2 Å². The molecule has 0 aromatic heterocycles. The topological polar surface area (TPSA) is 72.9 Å². The van der Waals surface area contributed by atoms with Crippen molar-refractivity contribution in [3.8, 4) is 0 Å². The maximum Gasteiger partial charge on any atom is 0.282 e. The molecule has 2 atom stereocenters. The molecule has 6 nitrogen and oxygen atoms in total. The van der Waals surface area contributed by atoms with Crippen molar-refractivity contribution in [1.29, 1.82) is 0 Å². The lowest BCUT2D eigenvalue weighted by atomic mass is 10.0. The third-order valence-corrected chi connectivity index (χ3v) is 6.18. The van der Waals surface area contributed by atoms with Gasteiger partial charge in [-0.15, -0.1) is 0 Å². The number of aliphatic hydroxyl groups excluding tert-OH is 1. The summed E-state index contributed by atoms with van der Waals surface area (Å²) in [5.41, 5.74) is 0. The van der Waals surface area contributed by atoms with E-state index in [1.807, 2.05) is 0 Å². The Morgan fingerprint density at radius 3 is 2.75 bits per heavy atom. The van der Waals surface area contributed by atoms with Crippen LogP contribution in [0.1, 0.15) is 32.6 Å². The zero-order valence-corrected chi connectivity index (χ0v) is 13.1. The summed E-state index contributed by atoms with van der Waals surface area (Å²) in [5.74, 6) is 0.416. The van der Waals surface area contributed by atoms with E-state index in [4.69, 9.17) is 0 Å². The number of rotatable bonds is 6. The van der Waals surface area contributed by atoms with Gasteiger partial charge >= 0.3 is 0 Å². The van der Waals surface area contributed by atoms with Crippen LogP contribution in [0.25, 0.3) is 0 Å². The summed E-state index contributed by atoms with van der Waals surface area (Å²) in [5, 5.41) is 12.5. The fourth-order valence-corrected chi connectivity index (χ4v) is 4.90. The standard InChI is InChI=1S/C13H27N3O3S/c1-12-4-3-7-15(10-12)20(18,19)16(8-9-17)11-13-5-2-6-14-13/h12-14,17H,2-11H2,1H3. The first-order valence-electron chi connectivity index (χ1n) is 7.63. The summed E-state index contributed by atoms with van der Waals surface area (Å²) in [6.45, 7) is 4.78. The first-order valence-corrected chi connectivity index (χ1v) is 9.03. The van der Waals surface area contributed by atoms with E-state index in [1.54, 1.807) is 4.31 Å². The molecule has 2 N–H and O–H groups in total. The summed E-state index contributed by atoms with van der Waals surface area (Å²) >= 11 is 0. The van der Waals surface area contributed by atoms with Crippen molar-refractivity contribution in [1.82, 2.24) is 13.9 Å². The second kappa shape index (κ2) is 7.17. The SMILES string of the molecule is CC1CCCN(S(=O)(=O)N(CCO)CC2CCCN2)C1. The van der Waals surface area contributed by atoms with E-state index in [0.29, 0.717) is 25.6 Å². The molecule has 20 heavy (non-hydrogen) atoms. The molecule has 0 spiro atoms. The third kappa shape index (κ3) is 3.92. The monoisotopic (exact) mass is 305 g/mol. The molecule has 2 fully saturated rings. The Balaban J connectivity index is 2.04. The Morgan fingerprint density at radius 2 is 2.15 bits per heavy atom. The van der Waals surface area contributed by atoms with Crippen LogP contribution in [0.4, 0.5) is 0 Å². The summed E-state index contributed by atoms with van der Waals surface area (Å²) in [4.78, 5) is 0. The summed E-state index contributed by atoms with van der Waals surface area (Å²) < 4.78 is 28.5. The molecule has 7 heteroatoms. The minimum Gasteiger partial charge on any atom is -0.395 e. The molecule has 0 aliphatic carbocycles. The lowest BCUT2D eigenvalue weighted by Crippen LogP contribution is -2.51. The molecule has 2 aliphatic heterocycles. The van der Waals surface area contributed by atoms with Gasteiger partial charge < -0.3 is 10.4 Å². The maximum atomic E-state index is 12.7. The van der Waals surface area contributed by atoms with Crippen LogP contribution in [0.5, 0.6) is 0 Å². The number of aliphatic hydroxyl groups is 1. The fraction of sp³-hybridized carbons (Fsp3) is 1.00. The zero-order valence-electron chi connectivity index (χ0n) is 12.3. The van der Waals surface area contributed by atoms with Crippen molar-refractivity contribution >= 4 is 10.2 Å². The lowest BCUT2D eigenvalue weighted by Gasteiger charge is -2.35. The third-order valence-electron chi connectivity index (χ3n) is 4.21. The normalized spacial score (nSPS) is 29.1. The van der Waals surface area contributed by atoms with Crippen LogP contribution in [0, 0.1) is 5.92 Å². The van der Waals surface area contributed by atoms with Crippen molar-refractivity contribution in [2.24, 2.45) is 5.92 Å². The van der Waals surface area contributed by atoms with E-state index in [-0.39, 0.29) is 19.2 Å². The van der Waals surface area contributed by atoms with Gasteiger partial charge in [-0.1, -0.05) is 6.92 Å². The van der Waals surface area contributed by atoms with E-state index in [9.17, 15) is 13.5 Å². The molecule has 0 saturated carbocycles. The average Bonchev–Trinajstić information content (AvgIpc) is 2.91. The largest absolute Gasteiger partial charge is 0.395 e. The summed E-state index contributed by atoms with van der Waals surface area (Å²) in [6, 6.07) is 0.221. The van der Waals surface area contributed by atoms with Crippen LogP contribution in [0.15, 0.2) is 0 Å². The molecule has 0 aromatic carbocycles. The fourth-order valence-electron chi connectivity index (χ4n) is 3.09. The van der Waals surface area contributed by atoms with Crippen LogP contribution >= 0.6 is 0 Å². The molecule has 0 amide bonds. The molecular formula is C13H27N3O3S. The van der Waals surface area contributed by atoms with Gasteiger partial charge in [-0.3, -0.25) is 0 Å². The zero-order chi connectivity index (χ0) is 14.6. The van der Waals surface area contributed by atoms with Crippen LogP contribution < -0.4 is 5.32 Å². The molecule has 0 radical (unpaired) electrons. The number of nitrogens with zero attached hydrogens (tertiary/aromatic N) is 2. The van der Waals surface area contributed by atoms with Gasteiger partial charge in [0.15, 0.2) is 0 Å². The number of hydrogen-bond acceptors (Lipinski definition) is 4. The minimum absolute atomic E-state index is 0.130. The van der Waals surface area contributed by atoms with E-state index in [1.165, 1.54) is 4.31 Å². The van der Waals surface area contributed by atoms with Gasteiger partial charge in [0.2, 0.25) is 0 Å². The molecule has 2 aliphatic rings. The first kappa shape index (κ1) is 16.2. The van der Waals surface area contributed by atoms with Crippen LogP contribution in [0.2, 0.25) is 0 Å². The molecule has 2 unspecified atom stereocenters. The van der Waals surface area contributed by atoms with E-state index >= 15 is 0 Å². The van der Waals surface area contributed by atoms with Crippen LogP contribution in [-0.4, -0.2) is 67.5 Å². The van der Waals surface area contributed by atoms with Gasteiger partial charge in [0, 0.05) is 32.2 Å². The maximum absolute atomic E-state index is 12.7. The minimum atomic E-state index is -3.44. The van der Waals surface area contributed by atoms with E-state index < -0.39 is 10.2 Å². The van der Waals surface area contributed by atoms with Gasteiger partial charge in [0.1, 0.15) is 0 Å². The molecule has 118 valence electrons. The van der Waals surface area contributed by atoms with Crippen molar-refractivity contribution in [2.45, 2.75) is 38.6 Å². The van der Waals surface area contributed by atoms with Gasteiger partial charge in [0.05, 0.1) is 6.61 Å². The highest BCUT2D eigenvalue weighted by Gasteiger charge is 2.33. The lowest BCUT2D eigenvalue weighted by molar-refractivity contribution is 0.220. The Kier molecular flexibility index (Phi) is 5.80. The second-order valence-electron chi connectivity index (χ2n) is 5.99. The molecule has 2 saturated heterocycles. The van der Waals surface area contributed by atoms with Gasteiger partial charge in [0.25, 0.3) is 10.2 Å². The molecular weight excluding hydrogens is 278 g/mol. The highest BCUT2D eigenvalue weighted by molar-refractivity contribution is 7.86. The van der Waals surface area contributed by atoms with Crippen molar-refractivity contribution in [3.63, 3.8) is 0 Å². The van der Waals surface area contributed by atoms with Gasteiger partial charge in [-0.25, -0.2) is 0 Å². The molecule has 0 aromatic rings. The molecule has 0 bridgehead atoms. The quantitative estimate of drug-likeness (QED) is 0.725. The molecule has 2 heterocycles. The summed E-state index contributed by atoms with van der Waals surface area (Å²) in [6.07, 6.45) is 4.12. The highest BCUT2D eigenvalue weighted by Crippen LogP contribution is 2.21. The van der Waals surface area contributed by atoms with Crippen molar-refractivity contribution in [3.05, 3.63) is 0 Å². The van der Waals surface area contributed by atoms with E-state index in [2.05, 4.69) is 12.2 Å². The second-order valence-corrected chi connectivity index (χ2v) is 7.92. The predicted molar refractivity (Wildman–Crippen MR) is 78.6 cm³/mol. The van der Waals surface area contributed by atoms with Gasteiger partial charge in [-0.2, -0.15) is 17.0 Å². The Morgan fingerprint density at radius 1 is 1.35 bits per heavy atom. The average molecular weight is 305 g/mol. The van der Waals surface area contributed by atoms with Gasteiger partial charge in [-0.05, 0) is 38.1 Å². The smallest absolute Gasteiger partial charge is 0.282 e. The summed E-state index contributed by atoms with van der Waals surface area (Å²) in [7, 11) is -3.44. The molecule has 2 rings (SSSR count). The number of hydrogen-bond donors (Lipinski definition) is 2. The van der Waals surface area contributed by atoms with Crippen molar-refractivity contribution in [2.75, 3.05) is 39.3 Å². The van der Waals surface area contributed by atoms with Crippen LogP contribution in [0.3, 0.4) is 0 Å². The Hall–Kier alpha value is -0.210. The Labute approximate surface area is 122 Å². The van der Waals surface area contributed by atoms with Crippen molar-refractivity contribution < 1.29 is 13.5 Å². The predicted octanol–water partition coefficient (Wildman–Crippen LogP) is 0.00940. The number of nitrogens with one attached hydrogen (secondary N) is 1. The first-order chi connectivity index (χ1) is 9.54. The number of piperidine rings is 1. The Bertz CT molecular complexity index is 396. The highest BCUT2D eigenvalue weighted by atomic mass is 32.2.